The van der Waals surface area contributed by atoms with Crippen molar-refractivity contribution in [2.75, 3.05) is 13.1 Å². The van der Waals surface area contributed by atoms with Crippen molar-refractivity contribution in [2.45, 2.75) is 25.0 Å². The molecule has 0 saturated carbocycles. The molecule has 3 aromatic rings. The fraction of sp³-hybridized carbons (Fsp3) is 0.261. The molecule has 1 saturated heterocycles. The highest BCUT2D eigenvalue weighted by atomic mass is 16.3. The van der Waals surface area contributed by atoms with Gasteiger partial charge in [-0.05, 0) is 47.0 Å². The van der Waals surface area contributed by atoms with Crippen LogP contribution in [0.5, 0.6) is 0 Å². The zero-order valence-electron chi connectivity index (χ0n) is 15.2. The molecule has 0 unspecified atom stereocenters. The third-order valence-corrected chi connectivity index (χ3v) is 5.51. The molecule has 2 atom stereocenters. The number of fused-ring (bicyclic) bond motifs is 1. The van der Waals surface area contributed by atoms with E-state index < -0.39 is 5.91 Å². The number of benzene rings is 3. The number of likely N-dealkylation sites (tertiary alicyclic amines) is 1. The summed E-state index contributed by atoms with van der Waals surface area (Å²) >= 11 is 0. The zero-order chi connectivity index (χ0) is 18.8. The summed E-state index contributed by atoms with van der Waals surface area (Å²) in [6.45, 7) is 2.35. The highest BCUT2D eigenvalue weighted by Crippen LogP contribution is 2.31. The molecule has 4 rings (SSSR count). The van der Waals surface area contributed by atoms with Crippen molar-refractivity contribution in [1.82, 2.24) is 4.90 Å². The lowest BCUT2D eigenvalue weighted by Gasteiger charge is -2.36. The van der Waals surface area contributed by atoms with Crippen LogP contribution in [-0.4, -0.2) is 35.1 Å². The molecule has 1 aliphatic rings. The van der Waals surface area contributed by atoms with Gasteiger partial charge in [-0.3, -0.25) is 9.69 Å². The topological polar surface area (TPSA) is 66.6 Å². The van der Waals surface area contributed by atoms with Gasteiger partial charge in [0.15, 0.2) is 0 Å². The molecule has 0 bridgehead atoms. The van der Waals surface area contributed by atoms with Crippen LogP contribution in [0.3, 0.4) is 0 Å². The van der Waals surface area contributed by atoms with Gasteiger partial charge >= 0.3 is 0 Å². The molecule has 27 heavy (non-hydrogen) atoms. The van der Waals surface area contributed by atoms with Gasteiger partial charge in [0.25, 0.3) is 0 Å². The molecule has 0 spiro atoms. The van der Waals surface area contributed by atoms with Crippen molar-refractivity contribution in [3.8, 4) is 0 Å². The molecule has 0 radical (unpaired) electrons. The predicted octanol–water partition coefficient (Wildman–Crippen LogP) is 3.29. The number of piperidine rings is 1. The molecular weight excluding hydrogens is 336 g/mol. The molecule has 1 heterocycles. The standard InChI is InChI=1S/C23H24N2O2/c24-23(27)18-7-5-16(6-8-18)14-25-12-11-21(22(26)15-25)20-10-9-17-3-1-2-4-19(17)13-20/h1-10,13,21-22,26H,11-12,14-15H2,(H2,24,27)/t21-,22+/m0/s1. The van der Waals surface area contributed by atoms with Crippen LogP contribution >= 0.6 is 0 Å². The van der Waals surface area contributed by atoms with Gasteiger partial charge in [0.1, 0.15) is 0 Å². The predicted molar refractivity (Wildman–Crippen MR) is 108 cm³/mol. The molecular formula is C23H24N2O2. The van der Waals surface area contributed by atoms with Crippen molar-refractivity contribution < 1.29 is 9.90 Å². The molecule has 0 aliphatic carbocycles. The van der Waals surface area contributed by atoms with Gasteiger partial charge in [0.2, 0.25) is 5.91 Å². The Labute approximate surface area is 159 Å². The number of aliphatic hydroxyl groups is 1. The van der Waals surface area contributed by atoms with Gasteiger partial charge in [-0.15, -0.1) is 0 Å². The number of hydrogen-bond donors (Lipinski definition) is 2. The van der Waals surface area contributed by atoms with Crippen LogP contribution in [0.4, 0.5) is 0 Å². The van der Waals surface area contributed by atoms with E-state index in [0.717, 1.165) is 25.1 Å². The molecule has 1 fully saturated rings. The maximum Gasteiger partial charge on any atom is 0.248 e. The Morgan fingerprint density at radius 3 is 2.48 bits per heavy atom. The maximum atomic E-state index is 11.2. The Bertz CT molecular complexity index is 952. The van der Waals surface area contributed by atoms with Crippen LogP contribution in [-0.2, 0) is 6.54 Å². The summed E-state index contributed by atoms with van der Waals surface area (Å²) in [5.74, 6) is -0.240. The van der Waals surface area contributed by atoms with Crippen molar-refractivity contribution in [3.63, 3.8) is 0 Å². The van der Waals surface area contributed by atoms with Gasteiger partial charge in [-0.2, -0.15) is 0 Å². The van der Waals surface area contributed by atoms with E-state index in [2.05, 4.69) is 41.3 Å². The second-order valence-electron chi connectivity index (χ2n) is 7.37. The van der Waals surface area contributed by atoms with Crippen LogP contribution in [0.25, 0.3) is 10.8 Å². The quantitative estimate of drug-likeness (QED) is 0.750. The summed E-state index contributed by atoms with van der Waals surface area (Å²) in [5, 5.41) is 13.2. The molecule has 4 nitrogen and oxygen atoms in total. The average molecular weight is 360 g/mol. The molecule has 1 amide bonds. The SMILES string of the molecule is NC(=O)c1ccc(CN2CC[C@@H](c3ccc4ccccc4c3)[C@H](O)C2)cc1. The van der Waals surface area contributed by atoms with Crippen LogP contribution in [0.1, 0.15) is 33.8 Å². The minimum atomic E-state index is -0.409. The molecule has 3 N–H and O–H groups in total. The minimum absolute atomic E-state index is 0.170. The number of amides is 1. The Balaban J connectivity index is 1.43. The maximum absolute atomic E-state index is 11.2. The molecule has 4 heteroatoms. The second-order valence-corrected chi connectivity index (χ2v) is 7.37. The smallest absolute Gasteiger partial charge is 0.248 e. The van der Waals surface area contributed by atoms with Crippen LogP contribution in [0, 0.1) is 0 Å². The minimum Gasteiger partial charge on any atom is -0.391 e. The number of nitrogens with two attached hydrogens (primary N) is 1. The van der Waals surface area contributed by atoms with Crippen molar-refractivity contribution in [2.24, 2.45) is 5.73 Å². The van der Waals surface area contributed by atoms with Crippen molar-refractivity contribution >= 4 is 16.7 Å². The zero-order valence-corrected chi connectivity index (χ0v) is 15.2. The normalized spacial score (nSPS) is 20.6. The second kappa shape index (κ2) is 7.51. The first-order valence-electron chi connectivity index (χ1n) is 9.38. The summed E-state index contributed by atoms with van der Waals surface area (Å²) in [4.78, 5) is 13.4. The van der Waals surface area contributed by atoms with E-state index in [9.17, 15) is 9.90 Å². The first-order chi connectivity index (χ1) is 13.1. The van der Waals surface area contributed by atoms with Crippen LogP contribution in [0.15, 0.2) is 66.7 Å². The average Bonchev–Trinajstić information content (AvgIpc) is 2.68. The molecule has 3 aromatic carbocycles. The number of hydrogen-bond acceptors (Lipinski definition) is 3. The van der Waals surface area contributed by atoms with E-state index in [1.807, 2.05) is 18.2 Å². The highest BCUT2D eigenvalue weighted by Gasteiger charge is 2.28. The number of carbonyl (C=O) groups is 1. The fourth-order valence-electron chi connectivity index (χ4n) is 4.00. The number of β-amino-alcohol motifs (C(OH)–C–C–N with tert-alkyl or cyclic N) is 1. The lowest BCUT2D eigenvalue weighted by molar-refractivity contribution is 0.0477. The lowest BCUT2D eigenvalue weighted by Crippen LogP contribution is -2.42. The van der Waals surface area contributed by atoms with E-state index >= 15 is 0 Å². The van der Waals surface area contributed by atoms with Crippen LogP contribution < -0.4 is 5.73 Å². The number of rotatable bonds is 4. The third kappa shape index (κ3) is 3.87. The first-order valence-corrected chi connectivity index (χ1v) is 9.38. The highest BCUT2D eigenvalue weighted by molar-refractivity contribution is 5.92. The Hall–Kier alpha value is -2.69. The van der Waals surface area contributed by atoms with Gasteiger partial charge < -0.3 is 10.8 Å². The van der Waals surface area contributed by atoms with Gasteiger partial charge in [0.05, 0.1) is 6.10 Å². The summed E-state index contributed by atoms with van der Waals surface area (Å²) < 4.78 is 0. The molecule has 1 aliphatic heterocycles. The monoisotopic (exact) mass is 360 g/mol. The summed E-state index contributed by atoms with van der Waals surface area (Å²) in [6.07, 6.45) is 0.545. The largest absolute Gasteiger partial charge is 0.391 e. The van der Waals surface area contributed by atoms with Gasteiger partial charge in [-0.25, -0.2) is 0 Å². The Morgan fingerprint density at radius 2 is 1.78 bits per heavy atom. The third-order valence-electron chi connectivity index (χ3n) is 5.51. The van der Waals surface area contributed by atoms with E-state index in [1.54, 1.807) is 12.1 Å². The fourth-order valence-corrected chi connectivity index (χ4v) is 4.00. The Kier molecular flexibility index (Phi) is 4.92. The van der Waals surface area contributed by atoms with Crippen molar-refractivity contribution in [3.05, 3.63) is 83.4 Å². The Morgan fingerprint density at radius 1 is 1.04 bits per heavy atom. The summed E-state index contributed by atoms with van der Waals surface area (Å²) in [7, 11) is 0. The van der Waals surface area contributed by atoms with Crippen molar-refractivity contribution in [1.29, 1.82) is 0 Å². The van der Waals surface area contributed by atoms with Crippen LogP contribution in [0.2, 0.25) is 0 Å². The number of aliphatic hydroxyl groups excluding tert-OH is 1. The summed E-state index contributed by atoms with van der Waals surface area (Å²) in [6, 6.07) is 22.2. The number of carbonyl (C=O) groups excluding carboxylic acids is 1. The van der Waals surface area contributed by atoms with E-state index in [-0.39, 0.29) is 12.0 Å². The van der Waals surface area contributed by atoms with E-state index in [1.165, 1.54) is 16.3 Å². The van der Waals surface area contributed by atoms with Gasteiger partial charge in [0, 0.05) is 24.6 Å². The van der Waals surface area contributed by atoms with E-state index in [4.69, 9.17) is 5.73 Å². The lowest BCUT2D eigenvalue weighted by atomic mass is 9.86. The number of nitrogens with zero attached hydrogens (tertiary/aromatic N) is 1. The summed E-state index contributed by atoms with van der Waals surface area (Å²) in [5.41, 5.74) is 8.15. The first kappa shape index (κ1) is 17.7. The van der Waals surface area contributed by atoms with Gasteiger partial charge in [-0.1, -0.05) is 54.6 Å². The molecule has 0 aromatic heterocycles. The number of primary amides is 1. The van der Waals surface area contributed by atoms with E-state index in [0.29, 0.717) is 12.1 Å². The molecule has 138 valence electrons.